The molecule has 0 unspecified atom stereocenters. The van der Waals surface area contributed by atoms with Gasteiger partial charge in [0.25, 0.3) is 0 Å². The molecule has 1 fully saturated rings. The first kappa shape index (κ1) is 13.1. The molecule has 96 valence electrons. The molecule has 1 aliphatic rings. The van der Waals surface area contributed by atoms with Crippen molar-refractivity contribution in [1.29, 1.82) is 0 Å². The Bertz CT molecular complexity index is 470. The van der Waals surface area contributed by atoms with E-state index in [-0.39, 0.29) is 16.5 Å². The van der Waals surface area contributed by atoms with Gasteiger partial charge in [-0.25, -0.2) is 4.39 Å². The van der Waals surface area contributed by atoms with Gasteiger partial charge in [-0.3, -0.25) is 4.79 Å². The van der Waals surface area contributed by atoms with Crippen LogP contribution < -0.4 is 0 Å². The summed E-state index contributed by atoms with van der Waals surface area (Å²) in [5, 5.41) is 9.59. The second kappa shape index (κ2) is 5.50. The molecule has 0 aliphatic carbocycles. The summed E-state index contributed by atoms with van der Waals surface area (Å²) < 4.78 is 13.4. The number of hydrogen-bond donors (Lipinski definition) is 1. The largest absolute Gasteiger partial charge is 0.391 e. The predicted octanol–water partition coefficient (Wildman–Crippen LogP) is 2.09. The molecule has 1 amide bonds. The van der Waals surface area contributed by atoms with E-state index in [4.69, 9.17) is 11.6 Å². The molecule has 3 nitrogen and oxygen atoms in total. The quantitative estimate of drug-likeness (QED) is 0.835. The van der Waals surface area contributed by atoms with Crippen LogP contribution in [0.4, 0.5) is 4.39 Å². The van der Waals surface area contributed by atoms with Crippen LogP contribution in [0.5, 0.6) is 0 Å². The van der Waals surface area contributed by atoms with Gasteiger partial charge in [-0.1, -0.05) is 17.7 Å². The third kappa shape index (κ3) is 2.89. The Morgan fingerprint density at radius 2 is 2.33 bits per heavy atom. The summed E-state index contributed by atoms with van der Waals surface area (Å²) in [7, 11) is 0. The van der Waals surface area contributed by atoms with E-state index in [1.54, 1.807) is 6.07 Å². The highest BCUT2D eigenvalue weighted by molar-refractivity contribution is 6.32. The van der Waals surface area contributed by atoms with Gasteiger partial charge >= 0.3 is 0 Å². The van der Waals surface area contributed by atoms with Crippen LogP contribution in [-0.4, -0.2) is 35.1 Å². The Balaban J connectivity index is 2.09. The highest BCUT2D eigenvalue weighted by Crippen LogP contribution is 2.20. The smallest absolute Gasteiger partial charge is 0.246 e. The molecule has 2 rings (SSSR count). The summed E-state index contributed by atoms with van der Waals surface area (Å²) in [5.74, 6) is -0.709. The van der Waals surface area contributed by atoms with Crippen molar-refractivity contribution in [1.82, 2.24) is 4.90 Å². The number of halogens is 2. The Labute approximate surface area is 109 Å². The number of amides is 1. The van der Waals surface area contributed by atoms with E-state index >= 15 is 0 Å². The van der Waals surface area contributed by atoms with E-state index < -0.39 is 11.9 Å². The fourth-order valence-corrected chi connectivity index (χ4v) is 2.10. The van der Waals surface area contributed by atoms with Crippen molar-refractivity contribution in [2.75, 3.05) is 13.1 Å². The van der Waals surface area contributed by atoms with Crippen LogP contribution >= 0.6 is 11.6 Å². The molecule has 1 heterocycles. The number of aliphatic hydroxyl groups is 1. The zero-order chi connectivity index (χ0) is 13.1. The van der Waals surface area contributed by atoms with Gasteiger partial charge < -0.3 is 10.0 Å². The first-order valence-electron chi connectivity index (χ1n) is 5.67. The number of aliphatic hydroxyl groups excluding tert-OH is 1. The summed E-state index contributed by atoms with van der Waals surface area (Å²) in [6.07, 6.45) is 2.77. The molecule has 1 N–H and O–H groups in total. The lowest BCUT2D eigenvalue weighted by Crippen LogP contribution is -2.27. The fraction of sp³-hybridized carbons (Fsp3) is 0.308. The van der Waals surface area contributed by atoms with Crippen LogP contribution in [0.1, 0.15) is 12.0 Å². The highest BCUT2D eigenvalue weighted by Gasteiger charge is 2.22. The minimum absolute atomic E-state index is 0.201. The number of benzene rings is 1. The van der Waals surface area contributed by atoms with E-state index in [1.165, 1.54) is 29.2 Å². The van der Waals surface area contributed by atoms with Gasteiger partial charge in [0.05, 0.1) is 11.1 Å². The number of hydrogen-bond acceptors (Lipinski definition) is 2. The van der Waals surface area contributed by atoms with Gasteiger partial charge in [0.1, 0.15) is 5.82 Å². The number of carbonyl (C=O) groups excluding carboxylic acids is 1. The van der Waals surface area contributed by atoms with Gasteiger partial charge in [0.15, 0.2) is 0 Å². The van der Waals surface area contributed by atoms with Crippen LogP contribution in [0.15, 0.2) is 24.3 Å². The lowest BCUT2D eigenvalue weighted by Gasteiger charge is -2.12. The average molecular weight is 270 g/mol. The van der Waals surface area contributed by atoms with Crippen molar-refractivity contribution in [3.05, 3.63) is 40.7 Å². The van der Waals surface area contributed by atoms with Crippen LogP contribution in [0.25, 0.3) is 6.08 Å². The molecule has 0 bridgehead atoms. The molecule has 1 atom stereocenters. The Kier molecular flexibility index (Phi) is 3.99. The number of β-amino-alcohol motifs (C(OH)–C–C–N with tert-alkyl or cyclic N) is 1. The maximum atomic E-state index is 13.4. The number of nitrogens with zero attached hydrogens (tertiary/aromatic N) is 1. The molecule has 0 aromatic heterocycles. The second-order valence-corrected chi connectivity index (χ2v) is 4.60. The number of rotatable bonds is 2. The summed E-state index contributed by atoms with van der Waals surface area (Å²) in [6.45, 7) is 0.851. The minimum Gasteiger partial charge on any atom is -0.391 e. The fourth-order valence-electron chi connectivity index (χ4n) is 1.87. The molecule has 0 saturated carbocycles. The Morgan fingerprint density at radius 3 is 2.94 bits per heavy atom. The third-order valence-corrected chi connectivity index (χ3v) is 3.20. The third-order valence-electron chi connectivity index (χ3n) is 2.87. The first-order chi connectivity index (χ1) is 8.58. The summed E-state index contributed by atoms with van der Waals surface area (Å²) in [5.41, 5.74) is 0.201. The van der Waals surface area contributed by atoms with E-state index in [0.29, 0.717) is 19.5 Å². The normalized spacial score (nSPS) is 19.7. The summed E-state index contributed by atoms with van der Waals surface area (Å²) >= 11 is 5.84. The van der Waals surface area contributed by atoms with E-state index in [1.807, 2.05) is 0 Å². The van der Waals surface area contributed by atoms with Crippen molar-refractivity contribution < 1.29 is 14.3 Å². The number of likely N-dealkylation sites (tertiary alicyclic amines) is 1. The van der Waals surface area contributed by atoms with Crippen LogP contribution in [0.2, 0.25) is 5.02 Å². The van der Waals surface area contributed by atoms with E-state index in [2.05, 4.69) is 0 Å². The average Bonchev–Trinajstić information content (AvgIpc) is 2.75. The molecule has 0 radical (unpaired) electrons. The van der Waals surface area contributed by atoms with Gasteiger partial charge in [0.2, 0.25) is 5.91 Å². The standard InChI is InChI=1S/C13H13ClFNO2/c14-11-2-1-3-12(15)10(11)4-5-13(18)16-7-6-9(17)8-16/h1-5,9,17H,6-8H2/t9-/m0/s1. The molecular weight excluding hydrogens is 257 g/mol. The lowest BCUT2D eigenvalue weighted by atomic mass is 10.2. The summed E-state index contributed by atoms with van der Waals surface area (Å²) in [6, 6.07) is 4.36. The van der Waals surface area contributed by atoms with Crippen molar-refractivity contribution in [3.8, 4) is 0 Å². The van der Waals surface area contributed by atoms with E-state index in [0.717, 1.165) is 0 Å². The van der Waals surface area contributed by atoms with Crippen LogP contribution in [0.3, 0.4) is 0 Å². The van der Waals surface area contributed by atoms with Gasteiger partial charge in [-0.2, -0.15) is 0 Å². The summed E-state index contributed by atoms with van der Waals surface area (Å²) in [4.78, 5) is 13.3. The zero-order valence-corrected chi connectivity index (χ0v) is 10.4. The molecule has 1 saturated heterocycles. The van der Waals surface area contributed by atoms with Crippen molar-refractivity contribution in [2.24, 2.45) is 0 Å². The minimum atomic E-state index is -0.465. The Morgan fingerprint density at radius 1 is 1.56 bits per heavy atom. The van der Waals surface area contributed by atoms with Gasteiger partial charge in [-0.15, -0.1) is 0 Å². The lowest BCUT2D eigenvalue weighted by molar-refractivity contribution is -0.125. The molecule has 5 heteroatoms. The number of carbonyl (C=O) groups is 1. The topological polar surface area (TPSA) is 40.5 Å². The van der Waals surface area contributed by atoms with Crippen molar-refractivity contribution >= 4 is 23.6 Å². The molecule has 0 spiro atoms. The van der Waals surface area contributed by atoms with Gasteiger partial charge in [-0.05, 0) is 24.6 Å². The van der Waals surface area contributed by atoms with Crippen LogP contribution in [-0.2, 0) is 4.79 Å². The van der Waals surface area contributed by atoms with Crippen molar-refractivity contribution in [2.45, 2.75) is 12.5 Å². The first-order valence-corrected chi connectivity index (χ1v) is 6.05. The molecule has 1 aliphatic heterocycles. The molecular formula is C13H13ClFNO2. The van der Waals surface area contributed by atoms with Crippen LogP contribution in [0, 0.1) is 5.82 Å². The molecule has 1 aromatic carbocycles. The maximum Gasteiger partial charge on any atom is 0.246 e. The second-order valence-electron chi connectivity index (χ2n) is 4.20. The highest BCUT2D eigenvalue weighted by atomic mass is 35.5. The van der Waals surface area contributed by atoms with E-state index in [9.17, 15) is 14.3 Å². The monoisotopic (exact) mass is 269 g/mol. The molecule has 1 aromatic rings. The molecule has 18 heavy (non-hydrogen) atoms. The Hall–Kier alpha value is -1.39. The maximum absolute atomic E-state index is 13.4. The van der Waals surface area contributed by atoms with Gasteiger partial charge in [0, 0.05) is 24.7 Å². The van der Waals surface area contributed by atoms with Crippen molar-refractivity contribution in [3.63, 3.8) is 0 Å². The zero-order valence-electron chi connectivity index (χ0n) is 9.64. The predicted molar refractivity (Wildman–Crippen MR) is 67.6 cm³/mol. The SMILES string of the molecule is O=C(C=Cc1c(F)cccc1Cl)N1CC[C@H](O)C1.